The lowest BCUT2D eigenvalue weighted by atomic mass is 10.1. The fraction of sp³-hybridized carbons (Fsp3) is 0.647. The summed E-state index contributed by atoms with van der Waals surface area (Å²) >= 11 is 0. The molecule has 0 aliphatic carbocycles. The first-order valence-corrected chi connectivity index (χ1v) is 8.07. The third-order valence-electron chi connectivity index (χ3n) is 4.18. The molecule has 1 aromatic carbocycles. The standard InChI is InChI=1S/C17H29N3/c18-10-6-12-20-15-13-19(14-16-20)11-5-4-9-17-7-2-1-3-8-17/h1-3,7-8H,4-6,9-16,18H2. The molecule has 2 N–H and O–H groups in total. The van der Waals surface area contributed by atoms with Crippen molar-refractivity contribution >= 4 is 0 Å². The van der Waals surface area contributed by atoms with E-state index in [0.29, 0.717) is 0 Å². The van der Waals surface area contributed by atoms with Crippen LogP contribution in [-0.2, 0) is 6.42 Å². The summed E-state index contributed by atoms with van der Waals surface area (Å²) in [6.45, 7) is 8.17. The molecule has 3 nitrogen and oxygen atoms in total. The predicted octanol–water partition coefficient (Wildman–Crippen LogP) is 1.98. The van der Waals surface area contributed by atoms with E-state index in [1.165, 1.54) is 64.1 Å². The van der Waals surface area contributed by atoms with Gasteiger partial charge in [0.2, 0.25) is 0 Å². The Kier molecular flexibility index (Phi) is 7.06. The zero-order valence-corrected chi connectivity index (χ0v) is 12.6. The third kappa shape index (κ3) is 5.61. The van der Waals surface area contributed by atoms with E-state index < -0.39 is 0 Å². The molecule has 20 heavy (non-hydrogen) atoms. The minimum absolute atomic E-state index is 0.819. The molecule has 1 saturated heterocycles. The second-order valence-electron chi connectivity index (χ2n) is 5.77. The summed E-state index contributed by atoms with van der Waals surface area (Å²) in [5.41, 5.74) is 7.04. The van der Waals surface area contributed by atoms with Crippen LogP contribution >= 0.6 is 0 Å². The van der Waals surface area contributed by atoms with Crippen molar-refractivity contribution in [2.45, 2.75) is 25.7 Å². The Labute approximate surface area is 123 Å². The third-order valence-corrected chi connectivity index (χ3v) is 4.18. The van der Waals surface area contributed by atoms with Crippen molar-refractivity contribution in [3.05, 3.63) is 35.9 Å². The van der Waals surface area contributed by atoms with Gasteiger partial charge in [-0.2, -0.15) is 0 Å². The molecule has 112 valence electrons. The molecular formula is C17H29N3. The first kappa shape index (κ1) is 15.5. The number of aryl methyl sites for hydroxylation is 1. The predicted molar refractivity (Wildman–Crippen MR) is 85.9 cm³/mol. The molecular weight excluding hydrogens is 246 g/mol. The second kappa shape index (κ2) is 9.11. The van der Waals surface area contributed by atoms with Gasteiger partial charge in [-0.1, -0.05) is 30.3 Å². The highest BCUT2D eigenvalue weighted by Gasteiger charge is 2.15. The van der Waals surface area contributed by atoms with Gasteiger partial charge in [0.05, 0.1) is 0 Å². The first-order chi connectivity index (χ1) is 9.88. The number of hydrogen-bond donors (Lipinski definition) is 1. The van der Waals surface area contributed by atoms with Gasteiger partial charge in [0, 0.05) is 26.2 Å². The average Bonchev–Trinajstić information content (AvgIpc) is 2.52. The van der Waals surface area contributed by atoms with E-state index in [1.807, 2.05) is 0 Å². The smallest absolute Gasteiger partial charge is 0.0110 e. The van der Waals surface area contributed by atoms with Gasteiger partial charge in [0.25, 0.3) is 0 Å². The molecule has 0 unspecified atom stereocenters. The van der Waals surface area contributed by atoms with Crippen LogP contribution < -0.4 is 5.73 Å². The molecule has 1 heterocycles. The topological polar surface area (TPSA) is 32.5 Å². The van der Waals surface area contributed by atoms with Crippen molar-refractivity contribution in [1.29, 1.82) is 0 Å². The van der Waals surface area contributed by atoms with E-state index >= 15 is 0 Å². The SMILES string of the molecule is NCCCN1CCN(CCCCc2ccccc2)CC1. The zero-order chi connectivity index (χ0) is 14.0. The van der Waals surface area contributed by atoms with E-state index in [4.69, 9.17) is 5.73 Å². The monoisotopic (exact) mass is 275 g/mol. The quantitative estimate of drug-likeness (QED) is 0.736. The number of rotatable bonds is 8. The van der Waals surface area contributed by atoms with Crippen LogP contribution in [0.2, 0.25) is 0 Å². The van der Waals surface area contributed by atoms with Crippen molar-refractivity contribution in [2.24, 2.45) is 5.73 Å². The van der Waals surface area contributed by atoms with Crippen LogP contribution in [0.15, 0.2) is 30.3 Å². The molecule has 3 heteroatoms. The van der Waals surface area contributed by atoms with Crippen LogP contribution in [0.1, 0.15) is 24.8 Å². The number of nitrogens with two attached hydrogens (primary N) is 1. The van der Waals surface area contributed by atoms with Crippen LogP contribution in [0, 0.1) is 0 Å². The molecule has 1 aliphatic rings. The van der Waals surface area contributed by atoms with E-state index in [-0.39, 0.29) is 0 Å². The minimum atomic E-state index is 0.819. The Balaban J connectivity index is 1.53. The van der Waals surface area contributed by atoms with Gasteiger partial charge in [0.1, 0.15) is 0 Å². The van der Waals surface area contributed by atoms with E-state index in [1.54, 1.807) is 0 Å². The molecule has 0 radical (unpaired) electrons. The largest absolute Gasteiger partial charge is 0.330 e. The maximum absolute atomic E-state index is 5.56. The fourth-order valence-corrected chi connectivity index (χ4v) is 2.86. The molecule has 2 rings (SSSR count). The van der Waals surface area contributed by atoms with Crippen LogP contribution in [-0.4, -0.2) is 55.6 Å². The van der Waals surface area contributed by atoms with Gasteiger partial charge in [-0.15, -0.1) is 0 Å². The molecule has 0 spiro atoms. The Bertz CT molecular complexity index is 345. The normalized spacial score (nSPS) is 17.4. The minimum Gasteiger partial charge on any atom is -0.330 e. The number of unbranched alkanes of at least 4 members (excludes halogenated alkanes) is 1. The molecule has 1 aliphatic heterocycles. The molecule has 0 aromatic heterocycles. The summed E-state index contributed by atoms with van der Waals surface area (Å²) in [6.07, 6.45) is 4.98. The highest BCUT2D eigenvalue weighted by Crippen LogP contribution is 2.07. The van der Waals surface area contributed by atoms with Gasteiger partial charge in [0.15, 0.2) is 0 Å². The zero-order valence-electron chi connectivity index (χ0n) is 12.6. The second-order valence-corrected chi connectivity index (χ2v) is 5.77. The summed E-state index contributed by atoms with van der Waals surface area (Å²) in [5.74, 6) is 0. The van der Waals surface area contributed by atoms with Crippen LogP contribution in [0.25, 0.3) is 0 Å². The van der Waals surface area contributed by atoms with Gasteiger partial charge in [-0.05, 0) is 50.9 Å². The van der Waals surface area contributed by atoms with Gasteiger partial charge < -0.3 is 15.5 Å². The van der Waals surface area contributed by atoms with Crippen molar-refractivity contribution in [1.82, 2.24) is 9.80 Å². The summed E-state index contributed by atoms with van der Waals surface area (Å²) < 4.78 is 0. The Hall–Kier alpha value is -0.900. The van der Waals surface area contributed by atoms with Crippen LogP contribution in [0.3, 0.4) is 0 Å². The molecule has 1 fully saturated rings. The summed E-state index contributed by atoms with van der Waals surface area (Å²) in [4.78, 5) is 5.16. The Morgan fingerprint density at radius 3 is 2.00 bits per heavy atom. The molecule has 0 saturated carbocycles. The number of hydrogen-bond acceptors (Lipinski definition) is 3. The Morgan fingerprint density at radius 2 is 1.40 bits per heavy atom. The van der Waals surface area contributed by atoms with E-state index in [2.05, 4.69) is 40.1 Å². The number of benzene rings is 1. The summed E-state index contributed by atoms with van der Waals surface area (Å²) in [5, 5.41) is 0. The molecule has 1 aromatic rings. The molecule has 0 amide bonds. The van der Waals surface area contributed by atoms with Crippen LogP contribution in [0.5, 0.6) is 0 Å². The lowest BCUT2D eigenvalue weighted by Gasteiger charge is -2.34. The molecule has 0 atom stereocenters. The lowest BCUT2D eigenvalue weighted by molar-refractivity contribution is 0.130. The van der Waals surface area contributed by atoms with E-state index in [0.717, 1.165) is 13.0 Å². The van der Waals surface area contributed by atoms with Crippen molar-refractivity contribution in [2.75, 3.05) is 45.8 Å². The summed E-state index contributed by atoms with van der Waals surface area (Å²) in [6, 6.07) is 10.8. The van der Waals surface area contributed by atoms with Crippen molar-refractivity contribution in [3.8, 4) is 0 Å². The van der Waals surface area contributed by atoms with Crippen molar-refractivity contribution in [3.63, 3.8) is 0 Å². The fourth-order valence-electron chi connectivity index (χ4n) is 2.86. The molecule has 0 bridgehead atoms. The Morgan fingerprint density at radius 1 is 0.800 bits per heavy atom. The maximum atomic E-state index is 5.56. The summed E-state index contributed by atoms with van der Waals surface area (Å²) in [7, 11) is 0. The maximum Gasteiger partial charge on any atom is 0.0110 e. The van der Waals surface area contributed by atoms with Crippen LogP contribution in [0.4, 0.5) is 0 Å². The average molecular weight is 275 g/mol. The van der Waals surface area contributed by atoms with Gasteiger partial charge >= 0.3 is 0 Å². The van der Waals surface area contributed by atoms with Gasteiger partial charge in [-0.25, -0.2) is 0 Å². The highest BCUT2D eigenvalue weighted by atomic mass is 15.3. The lowest BCUT2D eigenvalue weighted by Crippen LogP contribution is -2.46. The first-order valence-electron chi connectivity index (χ1n) is 8.07. The van der Waals surface area contributed by atoms with Crippen molar-refractivity contribution < 1.29 is 0 Å². The number of piperazine rings is 1. The van der Waals surface area contributed by atoms with E-state index in [9.17, 15) is 0 Å². The van der Waals surface area contributed by atoms with Gasteiger partial charge in [-0.3, -0.25) is 0 Å². The highest BCUT2D eigenvalue weighted by molar-refractivity contribution is 5.14. The number of nitrogens with zero attached hydrogens (tertiary/aromatic N) is 2.